The molecule has 4 N–H and O–H groups in total. The summed E-state index contributed by atoms with van der Waals surface area (Å²) >= 11 is 11.8. The normalized spacial score (nSPS) is 12.9. The van der Waals surface area contributed by atoms with Crippen LogP contribution in [0.15, 0.2) is 12.1 Å². The molecular formula is C10H14Cl2N2. The van der Waals surface area contributed by atoms with Crippen LogP contribution in [0.1, 0.15) is 24.1 Å². The van der Waals surface area contributed by atoms with E-state index in [1.165, 1.54) is 0 Å². The monoisotopic (exact) mass is 232 g/mol. The first-order chi connectivity index (χ1) is 6.60. The van der Waals surface area contributed by atoms with Crippen molar-refractivity contribution in [3.63, 3.8) is 0 Å². The Kier molecular flexibility index (Phi) is 4.20. The van der Waals surface area contributed by atoms with E-state index in [0.29, 0.717) is 16.6 Å². The van der Waals surface area contributed by atoms with E-state index in [0.717, 1.165) is 17.5 Å². The van der Waals surface area contributed by atoms with Gasteiger partial charge in [0.25, 0.3) is 0 Å². The third kappa shape index (κ3) is 2.39. The average molecular weight is 233 g/mol. The number of nitrogens with two attached hydrogens (primary N) is 2. The largest absolute Gasteiger partial charge is 0.329 e. The van der Waals surface area contributed by atoms with Gasteiger partial charge < -0.3 is 11.5 Å². The van der Waals surface area contributed by atoms with Crippen molar-refractivity contribution >= 4 is 23.2 Å². The molecule has 0 amide bonds. The second-order valence-electron chi connectivity index (χ2n) is 3.16. The predicted molar refractivity (Wildman–Crippen MR) is 61.8 cm³/mol. The highest BCUT2D eigenvalue weighted by molar-refractivity contribution is 6.42. The summed E-state index contributed by atoms with van der Waals surface area (Å²) in [4.78, 5) is 0. The standard InChI is InChI=1S/C10H14Cl2N2/c1-2-6-3-8(11)9(12)4-7(6)10(14)5-13/h3-4,10H,2,5,13-14H2,1H3/t10-/m1/s1. The molecular weight excluding hydrogens is 219 g/mol. The van der Waals surface area contributed by atoms with E-state index in [9.17, 15) is 0 Å². The molecule has 1 aromatic rings. The van der Waals surface area contributed by atoms with Crippen molar-refractivity contribution in [3.05, 3.63) is 33.3 Å². The first-order valence-electron chi connectivity index (χ1n) is 4.53. The molecule has 0 saturated heterocycles. The van der Waals surface area contributed by atoms with Gasteiger partial charge in [0.2, 0.25) is 0 Å². The van der Waals surface area contributed by atoms with Crippen molar-refractivity contribution in [2.45, 2.75) is 19.4 Å². The van der Waals surface area contributed by atoms with Crippen LogP contribution >= 0.6 is 23.2 Å². The highest BCUT2D eigenvalue weighted by atomic mass is 35.5. The van der Waals surface area contributed by atoms with Gasteiger partial charge in [-0.3, -0.25) is 0 Å². The lowest BCUT2D eigenvalue weighted by Crippen LogP contribution is -2.22. The summed E-state index contributed by atoms with van der Waals surface area (Å²) in [6.07, 6.45) is 0.875. The first-order valence-corrected chi connectivity index (χ1v) is 5.29. The second kappa shape index (κ2) is 4.99. The average Bonchev–Trinajstić information content (AvgIpc) is 2.20. The lowest BCUT2D eigenvalue weighted by molar-refractivity contribution is 0.727. The molecule has 14 heavy (non-hydrogen) atoms. The van der Waals surface area contributed by atoms with Crippen molar-refractivity contribution in [3.8, 4) is 0 Å². The lowest BCUT2D eigenvalue weighted by atomic mass is 9.99. The summed E-state index contributed by atoms with van der Waals surface area (Å²) in [6, 6.07) is 3.49. The fourth-order valence-electron chi connectivity index (χ4n) is 1.38. The number of aryl methyl sites for hydroxylation is 1. The second-order valence-corrected chi connectivity index (χ2v) is 3.98. The molecule has 2 nitrogen and oxygen atoms in total. The van der Waals surface area contributed by atoms with Crippen LogP contribution < -0.4 is 11.5 Å². The summed E-state index contributed by atoms with van der Waals surface area (Å²) in [6.45, 7) is 2.46. The molecule has 0 fully saturated rings. The third-order valence-corrected chi connectivity index (χ3v) is 2.94. The molecule has 0 heterocycles. The zero-order valence-electron chi connectivity index (χ0n) is 8.06. The molecule has 0 aliphatic heterocycles. The topological polar surface area (TPSA) is 52.0 Å². The summed E-state index contributed by atoms with van der Waals surface area (Å²) in [5.74, 6) is 0. The highest BCUT2D eigenvalue weighted by Gasteiger charge is 2.11. The van der Waals surface area contributed by atoms with Gasteiger partial charge in [-0.2, -0.15) is 0 Å². The molecule has 0 aliphatic carbocycles. The van der Waals surface area contributed by atoms with Crippen LogP contribution in [-0.4, -0.2) is 6.54 Å². The van der Waals surface area contributed by atoms with Gasteiger partial charge in [0.1, 0.15) is 0 Å². The maximum Gasteiger partial charge on any atom is 0.0595 e. The Hall–Kier alpha value is -0.280. The molecule has 4 heteroatoms. The highest BCUT2D eigenvalue weighted by Crippen LogP contribution is 2.28. The van der Waals surface area contributed by atoms with Gasteiger partial charge in [-0.15, -0.1) is 0 Å². The van der Waals surface area contributed by atoms with Crippen molar-refractivity contribution in [1.82, 2.24) is 0 Å². The number of benzene rings is 1. The van der Waals surface area contributed by atoms with Crippen LogP contribution in [0.5, 0.6) is 0 Å². The number of halogens is 2. The molecule has 0 radical (unpaired) electrons. The molecule has 0 saturated carbocycles. The van der Waals surface area contributed by atoms with Crippen molar-refractivity contribution < 1.29 is 0 Å². The minimum atomic E-state index is -0.167. The Labute approximate surface area is 94.2 Å². The van der Waals surface area contributed by atoms with E-state index < -0.39 is 0 Å². The smallest absolute Gasteiger partial charge is 0.0595 e. The number of rotatable bonds is 3. The minimum Gasteiger partial charge on any atom is -0.329 e. The van der Waals surface area contributed by atoms with Crippen LogP contribution in [0, 0.1) is 0 Å². The predicted octanol–water partition coefficient (Wildman–Crippen LogP) is 2.51. The van der Waals surface area contributed by atoms with E-state index in [1.54, 1.807) is 6.07 Å². The van der Waals surface area contributed by atoms with Crippen molar-refractivity contribution in [1.29, 1.82) is 0 Å². The Morgan fingerprint density at radius 1 is 1.29 bits per heavy atom. The Morgan fingerprint density at radius 2 is 1.86 bits per heavy atom. The number of hydrogen-bond donors (Lipinski definition) is 2. The third-order valence-electron chi connectivity index (χ3n) is 2.22. The zero-order chi connectivity index (χ0) is 10.7. The van der Waals surface area contributed by atoms with Gasteiger partial charge in [0, 0.05) is 12.6 Å². The summed E-state index contributed by atoms with van der Waals surface area (Å²) < 4.78 is 0. The SMILES string of the molecule is CCc1cc(Cl)c(Cl)cc1[C@H](N)CN. The van der Waals surface area contributed by atoms with Crippen LogP contribution in [0.25, 0.3) is 0 Å². The molecule has 0 aromatic heterocycles. The molecule has 0 bridgehead atoms. The maximum absolute atomic E-state index is 5.92. The molecule has 0 unspecified atom stereocenters. The Bertz CT molecular complexity index is 326. The van der Waals surface area contributed by atoms with Gasteiger partial charge in [-0.05, 0) is 29.7 Å². The molecule has 1 atom stereocenters. The molecule has 1 aromatic carbocycles. The zero-order valence-corrected chi connectivity index (χ0v) is 9.57. The summed E-state index contributed by atoms with van der Waals surface area (Å²) in [7, 11) is 0. The van der Waals surface area contributed by atoms with Crippen LogP contribution in [-0.2, 0) is 6.42 Å². The van der Waals surface area contributed by atoms with E-state index in [4.69, 9.17) is 34.7 Å². The lowest BCUT2D eigenvalue weighted by Gasteiger charge is -2.15. The Morgan fingerprint density at radius 3 is 2.36 bits per heavy atom. The van der Waals surface area contributed by atoms with E-state index >= 15 is 0 Å². The molecule has 1 rings (SSSR count). The van der Waals surface area contributed by atoms with Crippen LogP contribution in [0.2, 0.25) is 10.0 Å². The van der Waals surface area contributed by atoms with Gasteiger partial charge in [0.05, 0.1) is 10.0 Å². The van der Waals surface area contributed by atoms with Gasteiger partial charge >= 0.3 is 0 Å². The van der Waals surface area contributed by atoms with E-state index in [1.807, 2.05) is 13.0 Å². The van der Waals surface area contributed by atoms with Crippen LogP contribution in [0.3, 0.4) is 0 Å². The van der Waals surface area contributed by atoms with Crippen LogP contribution in [0.4, 0.5) is 0 Å². The fraction of sp³-hybridized carbons (Fsp3) is 0.400. The molecule has 0 aliphatic rings. The Balaban J connectivity index is 3.19. The van der Waals surface area contributed by atoms with Gasteiger partial charge in [-0.1, -0.05) is 30.1 Å². The molecule has 78 valence electrons. The van der Waals surface area contributed by atoms with Crippen molar-refractivity contribution in [2.24, 2.45) is 11.5 Å². The van der Waals surface area contributed by atoms with Crippen molar-refractivity contribution in [2.75, 3.05) is 6.54 Å². The number of hydrogen-bond acceptors (Lipinski definition) is 2. The molecule has 0 spiro atoms. The first kappa shape index (κ1) is 11.8. The fourth-order valence-corrected chi connectivity index (χ4v) is 1.74. The van der Waals surface area contributed by atoms with Gasteiger partial charge in [0.15, 0.2) is 0 Å². The van der Waals surface area contributed by atoms with E-state index in [-0.39, 0.29) is 6.04 Å². The van der Waals surface area contributed by atoms with Gasteiger partial charge in [-0.25, -0.2) is 0 Å². The summed E-state index contributed by atoms with van der Waals surface area (Å²) in [5, 5.41) is 1.10. The van der Waals surface area contributed by atoms with E-state index in [2.05, 4.69) is 0 Å². The maximum atomic E-state index is 5.92. The minimum absolute atomic E-state index is 0.167. The quantitative estimate of drug-likeness (QED) is 0.842. The summed E-state index contributed by atoms with van der Waals surface area (Å²) in [5.41, 5.74) is 13.5.